The maximum atomic E-state index is 12.6. The van der Waals surface area contributed by atoms with Crippen LogP contribution in [0.1, 0.15) is 40.9 Å². The fourth-order valence-corrected chi connectivity index (χ4v) is 3.46. The highest BCUT2D eigenvalue weighted by atomic mass is 35.5. The van der Waals surface area contributed by atoms with Crippen molar-refractivity contribution in [3.63, 3.8) is 0 Å². The van der Waals surface area contributed by atoms with Gasteiger partial charge < -0.3 is 15.7 Å². The van der Waals surface area contributed by atoms with Gasteiger partial charge in [0.1, 0.15) is 5.75 Å². The third-order valence-electron chi connectivity index (χ3n) is 4.16. The fraction of sp³-hybridized carbons (Fsp3) is 0.222. The molecule has 5 nitrogen and oxygen atoms in total. The highest BCUT2D eigenvalue weighted by molar-refractivity contribution is 6.42. The van der Waals surface area contributed by atoms with Crippen molar-refractivity contribution in [3.8, 4) is 5.75 Å². The first-order chi connectivity index (χ1) is 11.9. The quantitative estimate of drug-likeness (QED) is 0.704. The van der Waals surface area contributed by atoms with E-state index < -0.39 is 5.91 Å². The van der Waals surface area contributed by atoms with Crippen molar-refractivity contribution in [2.24, 2.45) is 0 Å². The zero-order valence-corrected chi connectivity index (χ0v) is 14.9. The number of anilines is 1. The van der Waals surface area contributed by atoms with E-state index in [2.05, 4.69) is 10.6 Å². The van der Waals surface area contributed by atoms with Crippen molar-refractivity contribution >= 4 is 40.7 Å². The molecule has 3 N–H and O–H groups in total. The van der Waals surface area contributed by atoms with Crippen LogP contribution in [-0.2, 0) is 11.2 Å². The van der Waals surface area contributed by atoms with Crippen molar-refractivity contribution in [1.29, 1.82) is 0 Å². The summed E-state index contributed by atoms with van der Waals surface area (Å²) < 4.78 is 0. The summed E-state index contributed by atoms with van der Waals surface area (Å²) >= 11 is 12.3. The molecule has 0 radical (unpaired) electrons. The Kier molecular flexibility index (Phi) is 4.88. The topological polar surface area (TPSA) is 78.4 Å². The SMILES string of the molecule is CC(=O)Nc1ccc(O)c(C(=O)NC2CCc3c2ccc(Cl)c3Cl)c1. The Bertz CT molecular complexity index is 868. The summed E-state index contributed by atoms with van der Waals surface area (Å²) in [6.45, 7) is 1.37. The smallest absolute Gasteiger partial charge is 0.255 e. The fourth-order valence-electron chi connectivity index (χ4n) is 3.02. The summed E-state index contributed by atoms with van der Waals surface area (Å²) in [5, 5.41) is 16.5. The molecule has 1 unspecified atom stereocenters. The molecule has 7 heteroatoms. The number of phenolic OH excluding ortho intramolecular Hbond substituents is 1. The molecule has 1 atom stereocenters. The lowest BCUT2D eigenvalue weighted by Crippen LogP contribution is -2.27. The molecule has 0 saturated carbocycles. The van der Waals surface area contributed by atoms with Gasteiger partial charge in [0, 0.05) is 12.6 Å². The van der Waals surface area contributed by atoms with Gasteiger partial charge in [-0.05, 0) is 48.2 Å². The minimum atomic E-state index is -0.423. The van der Waals surface area contributed by atoms with Crippen LogP contribution in [-0.4, -0.2) is 16.9 Å². The lowest BCUT2D eigenvalue weighted by molar-refractivity contribution is -0.114. The number of amides is 2. The van der Waals surface area contributed by atoms with Crippen LogP contribution in [0.2, 0.25) is 10.0 Å². The molecule has 0 spiro atoms. The van der Waals surface area contributed by atoms with E-state index in [1.54, 1.807) is 6.07 Å². The number of carbonyl (C=O) groups excluding carboxylic acids is 2. The molecule has 2 aromatic rings. The first-order valence-electron chi connectivity index (χ1n) is 7.75. The van der Waals surface area contributed by atoms with Crippen LogP contribution in [0.15, 0.2) is 30.3 Å². The molecule has 0 saturated heterocycles. The zero-order chi connectivity index (χ0) is 18.1. The summed E-state index contributed by atoms with van der Waals surface area (Å²) in [5.74, 6) is -0.833. The number of hydrogen-bond donors (Lipinski definition) is 3. The third-order valence-corrected chi connectivity index (χ3v) is 5.00. The molecule has 3 rings (SSSR count). The average molecular weight is 379 g/mol. The van der Waals surface area contributed by atoms with Crippen LogP contribution < -0.4 is 10.6 Å². The highest BCUT2D eigenvalue weighted by Crippen LogP contribution is 2.39. The number of aromatic hydroxyl groups is 1. The predicted molar refractivity (Wildman–Crippen MR) is 97.4 cm³/mol. The van der Waals surface area contributed by atoms with E-state index in [0.29, 0.717) is 22.2 Å². The van der Waals surface area contributed by atoms with Crippen molar-refractivity contribution in [1.82, 2.24) is 5.32 Å². The normalized spacial score (nSPS) is 15.6. The number of benzene rings is 2. The number of nitrogens with one attached hydrogen (secondary N) is 2. The molecule has 0 aromatic heterocycles. The Labute approximate surface area is 154 Å². The van der Waals surface area contributed by atoms with Crippen molar-refractivity contribution < 1.29 is 14.7 Å². The van der Waals surface area contributed by atoms with Gasteiger partial charge in [-0.25, -0.2) is 0 Å². The second-order valence-corrected chi connectivity index (χ2v) is 6.69. The summed E-state index contributed by atoms with van der Waals surface area (Å²) in [7, 11) is 0. The van der Waals surface area contributed by atoms with E-state index in [-0.39, 0.29) is 23.3 Å². The maximum absolute atomic E-state index is 12.6. The van der Waals surface area contributed by atoms with Crippen molar-refractivity contribution in [2.45, 2.75) is 25.8 Å². The van der Waals surface area contributed by atoms with E-state index in [1.165, 1.54) is 25.1 Å². The highest BCUT2D eigenvalue weighted by Gasteiger charge is 2.27. The van der Waals surface area contributed by atoms with Gasteiger partial charge in [0.25, 0.3) is 5.91 Å². The average Bonchev–Trinajstić information content (AvgIpc) is 2.96. The number of rotatable bonds is 3. The van der Waals surface area contributed by atoms with Crippen LogP contribution in [0, 0.1) is 0 Å². The molecule has 0 fully saturated rings. The molecule has 1 aliphatic rings. The molecule has 0 aliphatic heterocycles. The molecule has 2 aromatic carbocycles. The van der Waals surface area contributed by atoms with Gasteiger partial charge in [0.2, 0.25) is 5.91 Å². The van der Waals surface area contributed by atoms with Crippen LogP contribution in [0.25, 0.3) is 0 Å². The second-order valence-electron chi connectivity index (χ2n) is 5.91. The minimum Gasteiger partial charge on any atom is -0.507 e. The van der Waals surface area contributed by atoms with Crippen LogP contribution in [0.5, 0.6) is 5.75 Å². The van der Waals surface area contributed by atoms with Crippen LogP contribution in [0.4, 0.5) is 5.69 Å². The molecular weight excluding hydrogens is 363 g/mol. The first-order valence-corrected chi connectivity index (χ1v) is 8.50. The lowest BCUT2D eigenvalue weighted by Gasteiger charge is -2.16. The molecule has 25 heavy (non-hydrogen) atoms. The Morgan fingerprint density at radius 3 is 2.68 bits per heavy atom. The number of hydrogen-bond acceptors (Lipinski definition) is 3. The third kappa shape index (κ3) is 3.57. The van der Waals surface area contributed by atoms with Gasteiger partial charge in [0.15, 0.2) is 0 Å². The number of fused-ring (bicyclic) bond motifs is 1. The van der Waals surface area contributed by atoms with E-state index in [0.717, 1.165) is 17.5 Å². The summed E-state index contributed by atoms with van der Waals surface area (Å²) in [4.78, 5) is 23.7. The largest absolute Gasteiger partial charge is 0.507 e. The Balaban J connectivity index is 1.83. The first kappa shape index (κ1) is 17.6. The van der Waals surface area contributed by atoms with E-state index in [9.17, 15) is 14.7 Å². The molecule has 2 amide bonds. The maximum Gasteiger partial charge on any atom is 0.255 e. The number of carbonyl (C=O) groups is 2. The molecule has 0 heterocycles. The summed E-state index contributed by atoms with van der Waals surface area (Å²) in [5.41, 5.74) is 2.41. The van der Waals surface area contributed by atoms with Gasteiger partial charge in [0.05, 0.1) is 21.7 Å². The van der Waals surface area contributed by atoms with Crippen LogP contribution in [0.3, 0.4) is 0 Å². The number of phenols is 1. The zero-order valence-electron chi connectivity index (χ0n) is 13.4. The van der Waals surface area contributed by atoms with Crippen molar-refractivity contribution in [3.05, 3.63) is 57.1 Å². The van der Waals surface area contributed by atoms with Gasteiger partial charge >= 0.3 is 0 Å². The minimum absolute atomic E-state index is 0.0970. The summed E-state index contributed by atoms with van der Waals surface area (Å²) in [6.07, 6.45) is 1.42. The Morgan fingerprint density at radius 2 is 1.96 bits per heavy atom. The molecule has 1 aliphatic carbocycles. The molecule has 0 bridgehead atoms. The van der Waals surface area contributed by atoms with E-state index in [4.69, 9.17) is 23.2 Å². The Hall–Kier alpha value is -2.24. The lowest BCUT2D eigenvalue weighted by atomic mass is 10.1. The Morgan fingerprint density at radius 1 is 1.20 bits per heavy atom. The standard InChI is InChI=1S/C18H16Cl2N2O3/c1-9(23)21-10-2-7-16(24)13(8-10)18(25)22-15-6-4-12-11(15)3-5-14(19)17(12)20/h2-3,5,7-8,15,24H,4,6H2,1H3,(H,21,23)(H,22,25). The van der Waals surface area contributed by atoms with Gasteiger partial charge in [-0.3, -0.25) is 9.59 Å². The van der Waals surface area contributed by atoms with E-state index in [1.807, 2.05) is 6.07 Å². The molecular formula is C18H16Cl2N2O3. The summed E-state index contributed by atoms with van der Waals surface area (Å²) in [6, 6.07) is 7.70. The van der Waals surface area contributed by atoms with Crippen LogP contribution >= 0.6 is 23.2 Å². The van der Waals surface area contributed by atoms with Crippen molar-refractivity contribution in [2.75, 3.05) is 5.32 Å². The van der Waals surface area contributed by atoms with E-state index >= 15 is 0 Å². The monoisotopic (exact) mass is 378 g/mol. The van der Waals surface area contributed by atoms with Gasteiger partial charge in [-0.1, -0.05) is 29.3 Å². The molecule has 130 valence electrons. The second kappa shape index (κ2) is 6.94. The number of halogens is 2. The predicted octanol–water partition coefficient (Wildman–Crippen LogP) is 4.07. The van der Waals surface area contributed by atoms with Gasteiger partial charge in [-0.15, -0.1) is 0 Å². The van der Waals surface area contributed by atoms with Gasteiger partial charge in [-0.2, -0.15) is 0 Å².